The summed E-state index contributed by atoms with van der Waals surface area (Å²) in [4.78, 5) is 16.2. The second-order valence-corrected chi connectivity index (χ2v) is 6.40. The van der Waals surface area contributed by atoms with Crippen LogP contribution in [0.5, 0.6) is 0 Å². The van der Waals surface area contributed by atoms with Gasteiger partial charge in [-0.3, -0.25) is 0 Å². The molecule has 1 aliphatic rings. The Morgan fingerprint density at radius 2 is 2.14 bits per heavy atom. The van der Waals surface area contributed by atoms with Crippen LogP contribution in [-0.4, -0.2) is 49.1 Å². The minimum Gasteiger partial charge on any atom is -0.325 e. The van der Waals surface area contributed by atoms with Gasteiger partial charge in [-0.25, -0.2) is 4.79 Å². The number of rotatable bonds is 3. The van der Waals surface area contributed by atoms with Crippen LogP contribution in [0.3, 0.4) is 0 Å². The first kappa shape index (κ1) is 16.0. The summed E-state index contributed by atoms with van der Waals surface area (Å²) in [6.45, 7) is 2.10. The van der Waals surface area contributed by atoms with Gasteiger partial charge in [0.05, 0.1) is 0 Å². The summed E-state index contributed by atoms with van der Waals surface area (Å²) in [6.07, 6.45) is 5.67. The van der Waals surface area contributed by atoms with E-state index in [0.29, 0.717) is 6.04 Å². The molecule has 2 amide bonds. The summed E-state index contributed by atoms with van der Waals surface area (Å²) in [6, 6.07) is 8.23. The highest BCUT2D eigenvalue weighted by Gasteiger charge is 2.23. The predicted octanol–water partition coefficient (Wildman–Crippen LogP) is 3.16. The molecule has 1 saturated heterocycles. The van der Waals surface area contributed by atoms with E-state index >= 15 is 0 Å². The highest BCUT2D eigenvalue weighted by molar-refractivity contribution is 9.10. The molecule has 0 aliphatic carbocycles. The van der Waals surface area contributed by atoms with Gasteiger partial charge in [-0.15, -0.1) is 0 Å². The average molecular weight is 352 g/mol. The van der Waals surface area contributed by atoms with E-state index in [0.717, 1.165) is 36.0 Å². The molecule has 2 rings (SSSR count). The van der Waals surface area contributed by atoms with Crippen LogP contribution in [0.4, 0.5) is 4.79 Å². The molecule has 0 unspecified atom stereocenters. The molecule has 1 N–H and O–H groups in total. The van der Waals surface area contributed by atoms with Crippen LogP contribution in [0.2, 0.25) is 0 Å². The van der Waals surface area contributed by atoms with Crippen molar-refractivity contribution in [1.29, 1.82) is 0 Å². The molecule has 1 aromatic rings. The lowest BCUT2D eigenvalue weighted by Crippen LogP contribution is -2.47. The molecule has 114 valence electrons. The van der Waals surface area contributed by atoms with Crippen molar-refractivity contribution in [1.82, 2.24) is 15.1 Å². The van der Waals surface area contributed by atoms with Crippen LogP contribution in [0.1, 0.15) is 18.4 Å². The summed E-state index contributed by atoms with van der Waals surface area (Å²) in [5.74, 6) is 0. The smallest absolute Gasteiger partial charge is 0.321 e. The third-order valence-electron chi connectivity index (χ3n) is 3.89. The lowest BCUT2D eigenvalue weighted by Gasteiger charge is -2.34. The maximum absolute atomic E-state index is 12.1. The Kier molecular flexibility index (Phi) is 5.82. The highest BCUT2D eigenvalue weighted by atomic mass is 79.9. The lowest BCUT2D eigenvalue weighted by molar-refractivity contribution is 0.150. The first-order chi connectivity index (χ1) is 10.1. The Morgan fingerprint density at radius 3 is 2.81 bits per heavy atom. The number of hydrogen-bond donors (Lipinski definition) is 1. The van der Waals surface area contributed by atoms with E-state index in [9.17, 15) is 4.79 Å². The number of amides is 2. The number of piperidine rings is 1. The molecular formula is C16H22BrN3O. The third kappa shape index (κ3) is 4.86. The summed E-state index contributed by atoms with van der Waals surface area (Å²) in [7, 11) is 4.00. The number of urea groups is 1. The number of nitrogens with one attached hydrogen (secondary N) is 1. The Hall–Kier alpha value is -1.33. The van der Waals surface area contributed by atoms with Crippen molar-refractivity contribution in [2.75, 3.05) is 27.2 Å². The number of benzene rings is 1. The predicted molar refractivity (Wildman–Crippen MR) is 90.0 cm³/mol. The summed E-state index contributed by atoms with van der Waals surface area (Å²) in [5, 5.41) is 2.84. The Bertz CT molecular complexity index is 510. The molecule has 0 saturated carbocycles. The molecular weight excluding hydrogens is 330 g/mol. The van der Waals surface area contributed by atoms with Gasteiger partial charge in [0.25, 0.3) is 0 Å². The summed E-state index contributed by atoms with van der Waals surface area (Å²) in [5.41, 5.74) is 1.05. The second kappa shape index (κ2) is 7.61. The van der Waals surface area contributed by atoms with Crippen molar-refractivity contribution in [3.63, 3.8) is 0 Å². The van der Waals surface area contributed by atoms with Gasteiger partial charge in [-0.05, 0) is 56.8 Å². The standard InChI is InChI=1S/C16H22BrN3O/c1-19-10-7-15(8-11-19)20(2)16(21)18-9-6-13-4-3-5-14(17)12-13/h3-6,9,12,15H,7-8,10-11H2,1-2H3,(H,18,21)/b9-6+. The molecule has 1 aromatic carbocycles. The molecule has 0 aromatic heterocycles. The topological polar surface area (TPSA) is 35.6 Å². The molecule has 0 atom stereocenters. The minimum atomic E-state index is -0.0456. The zero-order valence-corrected chi connectivity index (χ0v) is 14.1. The van der Waals surface area contributed by atoms with Gasteiger partial charge in [0.15, 0.2) is 0 Å². The normalized spacial score (nSPS) is 17.1. The molecule has 21 heavy (non-hydrogen) atoms. The molecule has 5 heteroatoms. The summed E-state index contributed by atoms with van der Waals surface area (Å²) < 4.78 is 1.03. The minimum absolute atomic E-state index is 0.0456. The van der Waals surface area contributed by atoms with E-state index in [1.165, 1.54) is 0 Å². The van der Waals surface area contributed by atoms with E-state index in [1.54, 1.807) is 6.20 Å². The van der Waals surface area contributed by atoms with E-state index in [2.05, 4.69) is 33.2 Å². The Balaban J connectivity index is 1.83. The van der Waals surface area contributed by atoms with Crippen molar-refractivity contribution in [2.24, 2.45) is 0 Å². The Labute approximate surface area is 134 Å². The number of nitrogens with zero attached hydrogens (tertiary/aromatic N) is 2. The average Bonchev–Trinajstić information content (AvgIpc) is 2.47. The quantitative estimate of drug-likeness (QED) is 0.907. The van der Waals surface area contributed by atoms with Crippen LogP contribution in [0.25, 0.3) is 6.08 Å². The number of carbonyl (C=O) groups excluding carboxylic acids is 1. The molecule has 4 nitrogen and oxygen atoms in total. The molecule has 1 aliphatic heterocycles. The van der Waals surface area contributed by atoms with Crippen molar-refractivity contribution >= 4 is 28.0 Å². The number of hydrogen-bond acceptors (Lipinski definition) is 2. The van der Waals surface area contributed by atoms with Gasteiger partial charge >= 0.3 is 6.03 Å². The number of likely N-dealkylation sites (tertiary alicyclic amines) is 1. The van der Waals surface area contributed by atoms with Gasteiger partial charge in [-0.1, -0.05) is 28.1 Å². The van der Waals surface area contributed by atoms with Crippen molar-refractivity contribution < 1.29 is 4.79 Å². The number of carbonyl (C=O) groups is 1. The largest absolute Gasteiger partial charge is 0.325 e. The van der Waals surface area contributed by atoms with Gasteiger partial charge in [0.2, 0.25) is 0 Å². The first-order valence-electron chi connectivity index (χ1n) is 7.20. The zero-order chi connectivity index (χ0) is 15.2. The third-order valence-corrected chi connectivity index (χ3v) is 4.38. The van der Waals surface area contributed by atoms with Gasteiger partial charge in [-0.2, -0.15) is 0 Å². The maximum Gasteiger partial charge on any atom is 0.321 e. The van der Waals surface area contributed by atoms with Crippen molar-refractivity contribution in [2.45, 2.75) is 18.9 Å². The van der Waals surface area contributed by atoms with Gasteiger partial charge < -0.3 is 15.1 Å². The van der Waals surface area contributed by atoms with Crippen LogP contribution >= 0.6 is 15.9 Å². The summed E-state index contributed by atoms with van der Waals surface area (Å²) >= 11 is 3.43. The highest BCUT2D eigenvalue weighted by Crippen LogP contribution is 2.14. The number of halogens is 1. The van der Waals surface area contributed by atoms with Crippen LogP contribution in [0.15, 0.2) is 34.9 Å². The van der Waals surface area contributed by atoms with E-state index in [4.69, 9.17) is 0 Å². The van der Waals surface area contributed by atoms with E-state index < -0.39 is 0 Å². The molecule has 1 heterocycles. The lowest BCUT2D eigenvalue weighted by atomic mass is 10.0. The SMILES string of the molecule is CN1CCC(N(C)C(=O)N/C=C/c2cccc(Br)c2)CC1. The first-order valence-corrected chi connectivity index (χ1v) is 7.99. The van der Waals surface area contributed by atoms with Crippen molar-refractivity contribution in [3.05, 3.63) is 40.5 Å². The molecule has 0 radical (unpaired) electrons. The van der Waals surface area contributed by atoms with Gasteiger partial charge in [0, 0.05) is 23.8 Å². The fourth-order valence-corrected chi connectivity index (χ4v) is 2.89. The fourth-order valence-electron chi connectivity index (χ4n) is 2.47. The van der Waals surface area contributed by atoms with Crippen LogP contribution < -0.4 is 5.32 Å². The second-order valence-electron chi connectivity index (χ2n) is 5.48. The van der Waals surface area contributed by atoms with E-state index in [-0.39, 0.29) is 6.03 Å². The van der Waals surface area contributed by atoms with E-state index in [1.807, 2.05) is 42.3 Å². The van der Waals surface area contributed by atoms with Crippen LogP contribution in [0, 0.1) is 0 Å². The van der Waals surface area contributed by atoms with Crippen molar-refractivity contribution in [3.8, 4) is 0 Å². The molecule has 1 fully saturated rings. The maximum atomic E-state index is 12.1. The zero-order valence-electron chi connectivity index (χ0n) is 12.6. The molecule has 0 spiro atoms. The molecule has 0 bridgehead atoms. The van der Waals surface area contributed by atoms with Gasteiger partial charge in [0.1, 0.15) is 0 Å². The van der Waals surface area contributed by atoms with Crippen LogP contribution in [-0.2, 0) is 0 Å². The fraction of sp³-hybridized carbons (Fsp3) is 0.438. The monoisotopic (exact) mass is 351 g/mol. The Morgan fingerprint density at radius 1 is 1.43 bits per heavy atom.